The molecule has 0 heterocycles. The van der Waals surface area contributed by atoms with Crippen LogP contribution in [0.3, 0.4) is 0 Å². The molecule has 1 aromatic rings. The van der Waals surface area contributed by atoms with E-state index < -0.39 is 34.0 Å². The fraction of sp³-hybridized carbons (Fsp3) is 0.500. The average molecular weight is 350 g/mol. The molecule has 0 bridgehead atoms. The van der Waals surface area contributed by atoms with Crippen LogP contribution < -0.4 is 10.1 Å². The molecule has 10 heteroatoms. The number of rotatable bonds is 5. The number of carbonyl (C=O) groups is 1. The van der Waals surface area contributed by atoms with E-state index in [9.17, 15) is 28.1 Å². The number of hydrogen-bond acceptors (Lipinski definition) is 5. The van der Waals surface area contributed by atoms with Gasteiger partial charge < -0.3 is 14.8 Å². The molecule has 0 spiro atoms. The van der Waals surface area contributed by atoms with Gasteiger partial charge in [0.05, 0.1) is 11.5 Å². The molecule has 24 heavy (non-hydrogen) atoms. The van der Waals surface area contributed by atoms with E-state index in [1.165, 1.54) is 0 Å². The molecule has 0 radical (unpaired) electrons. The van der Waals surface area contributed by atoms with Crippen LogP contribution in [0.2, 0.25) is 0 Å². The third kappa shape index (κ3) is 6.31. The first-order valence-electron chi connectivity index (χ1n) is 6.85. The van der Waals surface area contributed by atoms with Crippen LogP contribution in [0.5, 0.6) is 5.75 Å². The summed E-state index contributed by atoms with van der Waals surface area (Å²) < 4.78 is 48.5. The zero-order valence-corrected chi connectivity index (χ0v) is 13.3. The highest BCUT2D eigenvalue weighted by molar-refractivity contribution is 5.67. The fourth-order valence-corrected chi connectivity index (χ4v) is 1.63. The Labute approximate surface area is 135 Å². The summed E-state index contributed by atoms with van der Waals surface area (Å²) in [7, 11) is 0. The molecule has 7 nitrogen and oxygen atoms in total. The molecule has 0 aliphatic carbocycles. The number of nitro benzene ring substituents is 1. The van der Waals surface area contributed by atoms with Crippen LogP contribution in [0.1, 0.15) is 26.3 Å². The predicted molar refractivity (Wildman–Crippen MR) is 77.8 cm³/mol. The van der Waals surface area contributed by atoms with Crippen LogP contribution in [0.15, 0.2) is 18.2 Å². The van der Waals surface area contributed by atoms with Crippen molar-refractivity contribution in [3.63, 3.8) is 0 Å². The molecule has 1 rings (SSSR count). The third-order valence-corrected chi connectivity index (χ3v) is 2.51. The van der Waals surface area contributed by atoms with Crippen molar-refractivity contribution in [3.05, 3.63) is 33.9 Å². The maximum atomic E-state index is 12.8. The second-order valence-corrected chi connectivity index (χ2v) is 5.71. The summed E-state index contributed by atoms with van der Waals surface area (Å²) in [5, 5.41) is 13.0. The van der Waals surface area contributed by atoms with Gasteiger partial charge >= 0.3 is 12.3 Å². The highest BCUT2D eigenvalue weighted by Crippen LogP contribution is 2.38. The fourth-order valence-electron chi connectivity index (χ4n) is 1.63. The van der Waals surface area contributed by atoms with E-state index in [-0.39, 0.29) is 18.9 Å². The third-order valence-electron chi connectivity index (χ3n) is 2.51. The summed E-state index contributed by atoms with van der Waals surface area (Å²) in [6.07, 6.45) is -5.57. The Kier molecular flexibility index (Phi) is 5.99. The number of alkyl halides is 3. The molecule has 1 aromatic carbocycles. The van der Waals surface area contributed by atoms with E-state index in [4.69, 9.17) is 9.47 Å². The first kappa shape index (κ1) is 19.5. The predicted octanol–water partition coefficient (Wildman–Crippen LogP) is 3.52. The molecule has 1 amide bonds. The molecule has 134 valence electrons. The maximum absolute atomic E-state index is 12.8. The summed E-state index contributed by atoms with van der Waals surface area (Å²) in [6, 6.07) is 2.33. The van der Waals surface area contributed by atoms with Crippen molar-refractivity contribution in [1.82, 2.24) is 5.32 Å². The number of halogens is 3. The maximum Gasteiger partial charge on any atom is 0.423 e. The quantitative estimate of drug-likeness (QED) is 0.498. The largest absolute Gasteiger partial charge is 0.492 e. The molecular weight excluding hydrogens is 333 g/mol. The van der Waals surface area contributed by atoms with Crippen molar-refractivity contribution in [1.29, 1.82) is 0 Å². The lowest BCUT2D eigenvalue weighted by molar-refractivity contribution is -0.388. The highest BCUT2D eigenvalue weighted by Gasteiger charge is 2.38. The number of ether oxygens (including phenoxy) is 2. The van der Waals surface area contributed by atoms with Crippen LogP contribution in [-0.2, 0) is 10.9 Å². The van der Waals surface area contributed by atoms with Crippen LogP contribution in [0.25, 0.3) is 0 Å². The van der Waals surface area contributed by atoms with Gasteiger partial charge in [-0.2, -0.15) is 13.2 Å². The molecule has 0 saturated heterocycles. The number of carbonyl (C=O) groups excluding carboxylic acids is 1. The minimum Gasteiger partial charge on any atom is -0.492 e. The first-order valence-corrected chi connectivity index (χ1v) is 6.85. The van der Waals surface area contributed by atoms with Crippen LogP contribution in [0, 0.1) is 10.1 Å². The molecular formula is C14H17F3N2O5. The van der Waals surface area contributed by atoms with E-state index >= 15 is 0 Å². The molecule has 1 N–H and O–H groups in total. The Morgan fingerprint density at radius 2 is 1.92 bits per heavy atom. The first-order chi connectivity index (χ1) is 10.9. The molecule has 0 aliphatic heterocycles. The second kappa shape index (κ2) is 7.37. The van der Waals surface area contributed by atoms with Crippen molar-refractivity contribution >= 4 is 11.8 Å². The van der Waals surface area contributed by atoms with E-state index in [2.05, 4.69) is 5.32 Å². The lowest BCUT2D eigenvalue weighted by Crippen LogP contribution is -2.34. The standard InChI is InChI=1S/C14H17F3N2O5/c1-13(2,3)24-12(20)18-6-7-23-9-4-5-11(19(21)22)10(8-9)14(15,16)17/h4-5,8H,6-7H2,1-3H3,(H,18,20). The lowest BCUT2D eigenvalue weighted by Gasteiger charge is -2.19. The second-order valence-electron chi connectivity index (χ2n) is 5.71. The highest BCUT2D eigenvalue weighted by atomic mass is 19.4. The van der Waals surface area contributed by atoms with E-state index in [0.29, 0.717) is 6.07 Å². The Hall–Kier alpha value is -2.52. The van der Waals surface area contributed by atoms with E-state index in [1.807, 2.05) is 0 Å². The zero-order valence-electron chi connectivity index (χ0n) is 13.3. The topological polar surface area (TPSA) is 90.7 Å². The monoisotopic (exact) mass is 350 g/mol. The minimum absolute atomic E-state index is 0.00669. The van der Waals surface area contributed by atoms with Crippen molar-refractivity contribution in [3.8, 4) is 5.75 Å². The minimum atomic E-state index is -4.88. The van der Waals surface area contributed by atoms with Gasteiger partial charge in [-0.25, -0.2) is 4.79 Å². The average Bonchev–Trinajstić information content (AvgIpc) is 2.40. The molecule has 0 unspecified atom stereocenters. The van der Waals surface area contributed by atoms with Crippen LogP contribution >= 0.6 is 0 Å². The van der Waals surface area contributed by atoms with Gasteiger partial charge in [0.15, 0.2) is 0 Å². The van der Waals surface area contributed by atoms with Gasteiger partial charge in [0.2, 0.25) is 0 Å². The van der Waals surface area contributed by atoms with Crippen LogP contribution in [-0.4, -0.2) is 29.8 Å². The number of nitrogens with zero attached hydrogens (tertiary/aromatic N) is 1. The van der Waals surface area contributed by atoms with Gasteiger partial charge in [0.1, 0.15) is 23.5 Å². The van der Waals surface area contributed by atoms with Gasteiger partial charge in [-0.15, -0.1) is 0 Å². The Morgan fingerprint density at radius 1 is 1.29 bits per heavy atom. The van der Waals surface area contributed by atoms with E-state index in [1.54, 1.807) is 20.8 Å². The van der Waals surface area contributed by atoms with Gasteiger partial charge in [-0.1, -0.05) is 0 Å². The van der Waals surface area contributed by atoms with Crippen molar-refractivity contribution in [2.75, 3.05) is 13.2 Å². The Bertz CT molecular complexity index is 611. The number of hydrogen-bond donors (Lipinski definition) is 1. The molecule has 0 fully saturated rings. The normalized spacial score (nSPS) is 11.8. The summed E-state index contributed by atoms with van der Waals surface area (Å²) in [5.41, 5.74) is -3.13. The summed E-state index contributed by atoms with van der Waals surface area (Å²) in [6.45, 7) is 4.90. The number of amides is 1. The Balaban J connectivity index is 2.64. The van der Waals surface area contributed by atoms with Gasteiger partial charge in [0, 0.05) is 6.07 Å². The number of benzene rings is 1. The number of alkyl carbamates (subject to hydrolysis) is 1. The number of nitrogens with one attached hydrogen (secondary N) is 1. The smallest absolute Gasteiger partial charge is 0.423 e. The molecule has 0 aliphatic rings. The SMILES string of the molecule is CC(C)(C)OC(=O)NCCOc1ccc([N+](=O)[O-])c(C(F)(F)F)c1. The molecule has 0 aromatic heterocycles. The Morgan fingerprint density at radius 3 is 2.42 bits per heavy atom. The van der Waals surface area contributed by atoms with E-state index in [0.717, 1.165) is 12.1 Å². The molecule has 0 atom stereocenters. The van der Waals surface area contributed by atoms with Crippen LogP contribution in [0.4, 0.5) is 23.7 Å². The summed E-state index contributed by atoms with van der Waals surface area (Å²) >= 11 is 0. The summed E-state index contributed by atoms with van der Waals surface area (Å²) in [4.78, 5) is 20.9. The zero-order chi connectivity index (χ0) is 18.5. The van der Waals surface area contributed by atoms with Gasteiger partial charge in [-0.05, 0) is 32.9 Å². The molecule has 0 saturated carbocycles. The lowest BCUT2D eigenvalue weighted by atomic mass is 10.1. The van der Waals surface area contributed by atoms with Crippen molar-refractivity contribution in [2.45, 2.75) is 32.5 Å². The van der Waals surface area contributed by atoms with Crippen molar-refractivity contribution < 1.29 is 32.4 Å². The van der Waals surface area contributed by atoms with Gasteiger partial charge in [0.25, 0.3) is 5.69 Å². The number of nitro groups is 1. The summed E-state index contributed by atoms with van der Waals surface area (Å²) in [5.74, 6) is -0.195. The van der Waals surface area contributed by atoms with Crippen molar-refractivity contribution in [2.24, 2.45) is 0 Å². The van der Waals surface area contributed by atoms with Gasteiger partial charge in [-0.3, -0.25) is 10.1 Å².